The third kappa shape index (κ3) is 6.05. The molecule has 9 heteroatoms. The van der Waals surface area contributed by atoms with Gasteiger partial charge in [0.25, 0.3) is 11.8 Å². The first-order chi connectivity index (χ1) is 21.2. The normalized spacial score (nSPS) is 13.6. The van der Waals surface area contributed by atoms with Crippen molar-refractivity contribution < 1.29 is 14.3 Å². The van der Waals surface area contributed by atoms with Crippen LogP contribution in [0.5, 0.6) is 0 Å². The quantitative estimate of drug-likeness (QED) is 0.204. The summed E-state index contributed by atoms with van der Waals surface area (Å²) in [5.41, 5.74) is 7.82. The number of imidazole rings is 1. The van der Waals surface area contributed by atoms with E-state index in [0.29, 0.717) is 48.8 Å². The van der Waals surface area contributed by atoms with E-state index < -0.39 is 0 Å². The zero-order valence-corrected chi connectivity index (χ0v) is 25.4. The number of ether oxygens (including phenoxy) is 1. The SMILES string of the molecule is Cc1c(NC(=O)c2cccc(C(C)(C)C)c2)cccc1-c1cc2[nH]cnc2c(Nc2ccc(C(=O)N3CCOCC3)cc2)n1. The molecule has 2 aromatic heterocycles. The Morgan fingerprint density at radius 2 is 1.68 bits per heavy atom. The van der Waals surface area contributed by atoms with E-state index in [1.54, 1.807) is 6.33 Å². The second-order valence-electron chi connectivity index (χ2n) is 12.0. The number of nitrogens with zero attached hydrogens (tertiary/aromatic N) is 3. The van der Waals surface area contributed by atoms with Gasteiger partial charge in [0.2, 0.25) is 0 Å². The molecule has 0 spiro atoms. The molecule has 1 aliphatic rings. The van der Waals surface area contributed by atoms with E-state index in [9.17, 15) is 9.59 Å². The van der Waals surface area contributed by atoms with Gasteiger partial charge in [-0.05, 0) is 72.0 Å². The van der Waals surface area contributed by atoms with Crippen molar-refractivity contribution >= 4 is 40.0 Å². The summed E-state index contributed by atoms with van der Waals surface area (Å²) in [6, 6.07) is 22.9. The van der Waals surface area contributed by atoms with Gasteiger partial charge < -0.3 is 25.3 Å². The standard InChI is InChI=1S/C35H36N6O3/c1-22-27(9-6-10-28(22)40-33(42)24-7-5-8-25(19-24)35(2,3)4)29-20-30-31(37-21-36-30)32(39-29)38-26-13-11-23(12-14-26)34(43)41-15-17-44-18-16-41/h5-14,19-21H,15-18H2,1-4H3,(H,36,37)(H,38,39)(H,40,42). The minimum absolute atomic E-state index is 0.000908. The van der Waals surface area contributed by atoms with Gasteiger partial charge in [0.05, 0.1) is 30.8 Å². The first-order valence-electron chi connectivity index (χ1n) is 14.8. The number of nitrogens with one attached hydrogen (secondary N) is 3. The summed E-state index contributed by atoms with van der Waals surface area (Å²) in [4.78, 5) is 40.6. The third-order valence-corrected chi connectivity index (χ3v) is 7.95. The number of pyridine rings is 1. The number of carbonyl (C=O) groups excluding carboxylic acids is 2. The molecule has 3 N–H and O–H groups in total. The van der Waals surface area contributed by atoms with Crippen molar-refractivity contribution in [1.82, 2.24) is 19.9 Å². The fraction of sp³-hybridized carbons (Fsp3) is 0.257. The minimum atomic E-state index is -0.161. The number of aromatic nitrogens is 3. The average Bonchev–Trinajstić information content (AvgIpc) is 3.51. The fourth-order valence-corrected chi connectivity index (χ4v) is 5.32. The lowest BCUT2D eigenvalue weighted by Crippen LogP contribution is -2.40. The van der Waals surface area contributed by atoms with Gasteiger partial charge in [-0.15, -0.1) is 0 Å². The Balaban J connectivity index is 1.26. The zero-order valence-electron chi connectivity index (χ0n) is 25.4. The average molecular weight is 589 g/mol. The highest BCUT2D eigenvalue weighted by Crippen LogP contribution is 2.33. The monoisotopic (exact) mass is 588 g/mol. The molecule has 0 saturated carbocycles. The molecule has 0 bridgehead atoms. The number of hydrogen-bond donors (Lipinski definition) is 3. The summed E-state index contributed by atoms with van der Waals surface area (Å²) in [6.07, 6.45) is 1.64. The van der Waals surface area contributed by atoms with Crippen molar-refractivity contribution in [3.05, 3.63) is 101 Å². The van der Waals surface area contributed by atoms with E-state index in [0.717, 1.165) is 39.3 Å². The van der Waals surface area contributed by atoms with Crippen molar-refractivity contribution in [3.8, 4) is 11.3 Å². The maximum atomic E-state index is 13.3. The largest absolute Gasteiger partial charge is 0.378 e. The number of rotatable bonds is 6. The highest BCUT2D eigenvalue weighted by atomic mass is 16.5. The molecular weight excluding hydrogens is 552 g/mol. The number of morpholine rings is 1. The van der Waals surface area contributed by atoms with Crippen LogP contribution >= 0.6 is 0 Å². The highest BCUT2D eigenvalue weighted by Gasteiger charge is 2.20. The van der Waals surface area contributed by atoms with Gasteiger partial charge in [0.1, 0.15) is 5.52 Å². The third-order valence-electron chi connectivity index (χ3n) is 7.95. The zero-order chi connectivity index (χ0) is 30.8. The molecular formula is C35H36N6O3. The van der Waals surface area contributed by atoms with E-state index in [1.165, 1.54) is 0 Å². The molecule has 2 amide bonds. The summed E-state index contributed by atoms with van der Waals surface area (Å²) in [5.74, 6) is 0.420. The summed E-state index contributed by atoms with van der Waals surface area (Å²) < 4.78 is 5.37. The molecule has 6 rings (SSSR count). The number of carbonyl (C=O) groups is 2. The van der Waals surface area contributed by atoms with Crippen LogP contribution in [0.2, 0.25) is 0 Å². The van der Waals surface area contributed by atoms with E-state index in [1.807, 2.05) is 84.6 Å². The van der Waals surface area contributed by atoms with Gasteiger partial charge in [-0.2, -0.15) is 0 Å². The van der Waals surface area contributed by atoms with Crippen molar-refractivity contribution in [2.45, 2.75) is 33.1 Å². The molecule has 5 aromatic rings. The molecule has 1 saturated heterocycles. The van der Waals surface area contributed by atoms with E-state index >= 15 is 0 Å². The number of anilines is 3. The van der Waals surface area contributed by atoms with E-state index in [2.05, 4.69) is 41.4 Å². The van der Waals surface area contributed by atoms with Crippen molar-refractivity contribution in [1.29, 1.82) is 0 Å². The first kappa shape index (κ1) is 29.1. The van der Waals surface area contributed by atoms with Crippen LogP contribution in [-0.4, -0.2) is 58.0 Å². The first-order valence-corrected chi connectivity index (χ1v) is 14.8. The number of H-pyrrole nitrogens is 1. The molecule has 0 atom stereocenters. The van der Waals surface area contributed by atoms with Crippen LogP contribution in [-0.2, 0) is 10.2 Å². The second-order valence-corrected chi connectivity index (χ2v) is 12.0. The van der Waals surface area contributed by atoms with E-state index in [-0.39, 0.29) is 17.2 Å². The Morgan fingerprint density at radius 1 is 0.932 bits per heavy atom. The van der Waals surface area contributed by atoms with E-state index in [4.69, 9.17) is 9.72 Å². The second kappa shape index (κ2) is 11.9. The molecule has 1 aliphatic heterocycles. The van der Waals surface area contributed by atoms with Gasteiger partial charge in [-0.1, -0.05) is 45.0 Å². The molecule has 0 unspecified atom stereocenters. The lowest BCUT2D eigenvalue weighted by molar-refractivity contribution is 0.0303. The molecule has 3 heterocycles. The number of amides is 2. The van der Waals surface area contributed by atoms with Crippen molar-refractivity contribution in [3.63, 3.8) is 0 Å². The van der Waals surface area contributed by atoms with Crippen LogP contribution in [0.4, 0.5) is 17.2 Å². The minimum Gasteiger partial charge on any atom is -0.378 e. The van der Waals surface area contributed by atoms with Gasteiger partial charge in [-0.25, -0.2) is 9.97 Å². The molecule has 0 radical (unpaired) electrons. The topological polar surface area (TPSA) is 112 Å². The Labute approximate surface area is 256 Å². The maximum Gasteiger partial charge on any atom is 0.255 e. The Bertz CT molecular complexity index is 1830. The van der Waals surface area contributed by atoms with Crippen LogP contribution in [0.3, 0.4) is 0 Å². The number of hydrogen-bond acceptors (Lipinski definition) is 6. The molecule has 0 aliphatic carbocycles. The molecule has 9 nitrogen and oxygen atoms in total. The predicted octanol–water partition coefficient (Wildman–Crippen LogP) is 6.70. The Morgan fingerprint density at radius 3 is 2.43 bits per heavy atom. The number of aromatic amines is 1. The van der Waals surface area contributed by atoms with Gasteiger partial charge >= 0.3 is 0 Å². The van der Waals surface area contributed by atoms with Crippen LogP contribution in [0, 0.1) is 6.92 Å². The van der Waals surface area contributed by atoms with Crippen LogP contribution < -0.4 is 10.6 Å². The lowest BCUT2D eigenvalue weighted by atomic mass is 9.86. The molecule has 3 aromatic carbocycles. The van der Waals surface area contributed by atoms with Gasteiger partial charge in [0.15, 0.2) is 5.82 Å². The van der Waals surface area contributed by atoms with Crippen molar-refractivity contribution in [2.24, 2.45) is 0 Å². The molecule has 44 heavy (non-hydrogen) atoms. The van der Waals surface area contributed by atoms with Crippen LogP contribution in [0.25, 0.3) is 22.3 Å². The Kier molecular flexibility index (Phi) is 7.88. The summed E-state index contributed by atoms with van der Waals surface area (Å²) in [5, 5.41) is 6.49. The Hall–Kier alpha value is -5.02. The highest BCUT2D eigenvalue weighted by molar-refractivity contribution is 6.05. The van der Waals surface area contributed by atoms with Crippen LogP contribution in [0.15, 0.2) is 79.1 Å². The van der Waals surface area contributed by atoms with Crippen LogP contribution in [0.1, 0.15) is 52.6 Å². The smallest absolute Gasteiger partial charge is 0.255 e. The summed E-state index contributed by atoms with van der Waals surface area (Å²) in [6.45, 7) is 10.7. The predicted molar refractivity (Wildman–Crippen MR) is 174 cm³/mol. The lowest BCUT2D eigenvalue weighted by Gasteiger charge is -2.26. The fourth-order valence-electron chi connectivity index (χ4n) is 5.32. The number of fused-ring (bicyclic) bond motifs is 1. The number of benzene rings is 3. The molecule has 1 fully saturated rings. The van der Waals surface area contributed by atoms with Gasteiger partial charge in [-0.3, -0.25) is 9.59 Å². The van der Waals surface area contributed by atoms with Crippen molar-refractivity contribution in [2.75, 3.05) is 36.9 Å². The summed E-state index contributed by atoms with van der Waals surface area (Å²) in [7, 11) is 0. The molecule has 224 valence electrons. The van der Waals surface area contributed by atoms with Gasteiger partial charge in [0, 0.05) is 41.2 Å². The summed E-state index contributed by atoms with van der Waals surface area (Å²) >= 11 is 0. The maximum absolute atomic E-state index is 13.3.